The predicted octanol–water partition coefficient (Wildman–Crippen LogP) is 11.7. The number of para-hydroxylation sites is 2. The van der Waals surface area contributed by atoms with Crippen molar-refractivity contribution in [1.29, 1.82) is 0 Å². The standard InChI is InChI=1S/C38H56NOP/c1-26(2)30-20-14-21-31(27(3)4)34(30)39-36-38(28-16-10-8-11-17-28,24-25-41(36)29-18-12-9-13-19-29)33-23-15-22-32(35(33)40)37(5,6)7/h14-15,20-23,26-29,40H,8-13,16-19,24-25H2,1-7H3. The van der Waals surface area contributed by atoms with Crippen molar-refractivity contribution in [2.75, 3.05) is 6.16 Å². The molecule has 0 radical (unpaired) electrons. The Kier molecular flexibility index (Phi) is 9.40. The van der Waals surface area contributed by atoms with Gasteiger partial charge in [0, 0.05) is 11.0 Å². The van der Waals surface area contributed by atoms with E-state index in [4.69, 9.17) is 4.99 Å². The molecule has 1 saturated heterocycles. The van der Waals surface area contributed by atoms with Crippen molar-refractivity contribution in [1.82, 2.24) is 0 Å². The zero-order chi connectivity index (χ0) is 29.4. The van der Waals surface area contributed by atoms with Crippen molar-refractivity contribution >= 4 is 19.1 Å². The van der Waals surface area contributed by atoms with E-state index in [9.17, 15) is 5.11 Å². The van der Waals surface area contributed by atoms with Crippen molar-refractivity contribution in [3.05, 3.63) is 58.7 Å². The summed E-state index contributed by atoms with van der Waals surface area (Å²) in [4.78, 5) is 6.03. The van der Waals surface area contributed by atoms with Crippen LogP contribution < -0.4 is 0 Å². The number of phenolic OH excluding ortho intramolecular Hbond substituents is 1. The second-order valence-corrected chi connectivity index (χ2v) is 17.6. The van der Waals surface area contributed by atoms with Gasteiger partial charge in [0.2, 0.25) is 0 Å². The highest BCUT2D eigenvalue weighted by Gasteiger charge is 2.54. The largest absolute Gasteiger partial charge is 0.507 e. The molecule has 1 N–H and O–H groups in total. The van der Waals surface area contributed by atoms with Crippen LogP contribution in [0.5, 0.6) is 5.75 Å². The average molecular weight is 574 g/mol. The molecule has 1 aliphatic heterocycles. The van der Waals surface area contributed by atoms with Gasteiger partial charge in [-0.15, -0.1) is 0 Å². The summed E-state index contributed by atoms with van der Waals surface area (Å²) >= 11 is 0. The first kappa shape index (κ1) is 30.8. The van der Waals surface area contributed by atoms with Crippen LogP contribution in [0.2, 0.25) is 0 Å². The van der Waals surface area contributed by atoms with Crippen LogP contribution in [-0.4, -0.2) is 22.4 Å². The highest BCUT2D eigenvalue weighted by atomic mass is 31.1. The van der Waals surface area contributed by atoms with Crippen molar-refractivity contribution in [2.45, 2.75) is 147 Å². The lowest BCUT2D eigenvalue weighted by molar-refractivity contribution is 0.256. The van der Waals surface area contributed by atoms with Crippen LogP contribution >= 0.6 is 7.92 Å². The van der Waals surface area contributed by atoms with E-state index >= 15 is 0 Å². The number of benzene rings is 2. The van der Waals surface area contributed by atoms with Gasteiger partial charge in [-0.1, -0.05) is 131 Å². The highest BCUT2D eigenvalue weighted by molar-refractivity contribution is 7.76. The molecule has 41 heavy (non-hydrogen) atoms. The fraction of sp³-hybridized carbons (Fsp3) is 0.658. The topological polar surface area (TPSA) is 32.6 Å². The summed E-state index contributed by atoms with van der Waals surface area (Å²) in [5.41, 5.74) is 8.34. The fourth-order valence-electron chi connectivity index (χ4n) is 8.40. The van der Waals surface area contributed by atoms with Gasteiger partial charge in [-0.3, -0.25) is 4.99 Å². The average Bonchev–Trinajstić information content (AvgIpc) is 3.33. The third-order valence-electron chi connectivity index (χ3n) is 10.6. The van der Waals surface area contributed by atoms with E-state index in [2.05, 4.69) is 84.9 Å². The minimum atomic E-state index is -0.361. The molecule has 5 rings (SSSR count). The van der Waals surface area contributed by atoms with Gasteiger partial charge in [-0.25, -0.2) is 0 Å². The third-order valence-corrected chi connectivity index (χ3v) is 13.8. The van der Waals surface area contributed by atoms with E-state index in [1.807, 2.05) is 0 Å². The molecule has 2 aliphatic carbocycles. The van der Waals surface area contributed by atoms with Gasteiger partial charge in [-0.05, 0) is 83.8 Å². The molecule has 3 heteroatoms. The molecule has 0 amide bonds. The Bertz CT molecular complexity index is 1200. The van der Waals surface area contributed by atoms with E-state index in [0.29, 0.717) is 23.5 Å². The van der Waals surface area contributed by atoms with Crippen LogP contribution in [0.1, 0.15) is 153 Å². The zero-order valence-electron chi connectivity index (χ0n) is 27.1. The number of rotatable bonds is 6. The first-order valence-electron chi connectivity index (χ1n) is 16.9. The molecule has 3 fully saturated rings. The molecule has 224 valence electrons. The molecule has 2 unspecified atom stereocenters. The van der Waals surface area contributed by atoms with Crippen LogP contribution in [0, 0.1) is 5.92 Å². The summed E-state index contributed by atoms with van der Waals surface area (Å²) in [6.45, 7) is 16.0. The van der Waals surface area contributed by atoms with Crippen molar-refractivity contribution < 1.29 is 5.11 Å². The lowest BCUT2D eigenvalue weighted by atomic mass is 9.63. The summed E-state index contributed by atoms with van der Waals surface area (Å²) in [6, 6.07) is 13.6. The Morgan fingerprint density at radius 3 is 1.93 bits per heavy atom. The summed E-state index contributed by atoms with van der Waals surface area (Å²) in [5.74, 6) is 1.97. The molecule has 2 saturated carbocycles. The van der Waals surface area contributed by atoms with Crippen LogP contribution in [0.15, 0.2) is 41.4 Å². The first-order valence-corrected chi connectivity index (χ1v) is 18.5. The molecule has 1 heterocycles. The predicted molar refractivity (Wildman–Crippen MR) is 180 cm³/mol. The fourth-order valence-corrected chi connectivity index (χ4v) is 12.1. The summed E-state index contributed by atoms with van der Waals surface area (Å²) < 4.78 is 0. The van der Waals surface area contributed by atoms with Gasteiger partial charge in [0.05, 0.1) is 11.1 Å². The maximum Gasteiger partial charge on any atom is 0.123 e. The van der Waals surface area contributed by atoms with Crippen LogP contribution in [0.4, 0.5) is 5.69 Å². The van der Waals surface area contributed by atoms with E-state index in [1.165, 1.54) is 98.2 Å². The summed E-state index contributed by atoms with van der Waals surface area (Å²) in [7, 11) is -0.361. The molecule has 2 nitrogen and oxygen atoms in total. The smallest absolute Gasteiger partial charge is 0.123 e. The van der Waals surface area contributed by atoms with E-state index in [-0.39, 0.29) is 18.8 Å². The molecule has 3 aliphatic rings. The second-order valence-electron chi connectivity index (χ2n) is 15.0. The van der Waals surface area contributed by atoms with Gasteiger partial charge in [0.25, 0.3) is 0 Å². The first-order chi connectivity index (χ1) is 19.6. The summed E-state index contributed by atoms with van der Waals surface area (Å²) in [6.07, 6.45) is 15.8. The van der Waals surface area contributed by atoms with Gasteiger partial charge in [-0.2, -0.15) is 0 Å². The maximum atomic E-state index is 12.2. The van der Waals surface area contributed by atoms with Gasteiger partial charge >= 0.3 is 0 Å². The molecule has 2 atom stereocenters. The SMILES string of the molecule is CC(C)c1cccc(C(C)C)c1N=C1P(C2CCCCC2)CCC1(c1cccc(C(C)(C)C)c1O)C1CCCCC1. The van der Waals surface area contributed by atoms with Gasteiger partial charge < -0.3 is 5.11 Å². The van der Waals surface area contributed by atoms with Crippen molar-refractivity contribution in [3.63, 3.8) is 0 Å². The minimum Gasteiger partial charge on any atom is -0.507 e. The van der Waals surface area contributed by atoms with Crippen molar-refractivity contribution in [2.24, 2.45) is 10.9 Å². The molecule has 2 aromatic carbocycles. The van der Waals surface area contributed by atoms with Crippen LogP contribution in [0.3, 0.4) is 0 Å². The summed E-state index contributed by atoms with van der Waals surface area (Å²) in [5, 5.41) is 12.2. The Morgan fingerprint density at radius 1 is 0.805 bits per heavy atom. The quantitative estimate of drug-likeness (QED) is 0.343. The number of nitrogens with zero attached hydrogens (tertiary/aromatic N) is 1. The minimum absolute atomic E-state index is 0.104. The number of hydrogen-bond acceptors (Lipinski definition) is 2. The molecular formula is C38H56NOP. The lowest BCUT2D eigenvalue weighted by Crippen LogP contribution is -2.41. The molecule has 0 bridgehead atoms. The zero-order valence-corrected chi connectivity index (χ0v) is 28.0. The van der Waals surface area contributed by atoms with E-state index < -0.39 is 0 Å². The Balaban J connectivity index is 1.81. The normalized spacial score (nSPS) is 26.0. The van der Waals surface area contributed by atoms with Crippen molar-refractivity contribution in [3.8, 4) is 5.75 Å². The second kappa shape index (κ2) is 12.5. The number of aliphatic imine (C=N–C) groups is 1. The number of hydrogen-bond donors (Lipinski definition) is 1. The molecule has 0 spiro atoms. The van der Waals surface area contributed by atoms with Gasteiger partial charge in [0.15, 0.2) is 0 Å². The van der Waals surface area contributed by atoms with Crippen LogP contribution in [-0.2, 0) is 10.8 Å². The van der Waals surface area contributed by atoms with Crippen LogP contribution in [0.25, 0.3) is 0 Å². The Labute approximate surface area is 252 Å². The Hall–Kier alpha value is -1.66. The number of aromatic hydroxyl groups is 1. The Morgan fingerprint density at radius 2 is 1.37 bits per heavy atom. The monoisotopic (exact) mass is 573 g/mol. The lowest BCUT2D eigenvalue weighted by Gasteiger charge is -2.43. The van der Waals surface area contributed by atoms with E-state index in [1.54, 1.807) is 0 Å². The maximum absolute atomic E-state index is 12.2. The number of phenols is 1. The van der Waals surface area contributed by atoms with E-state index in [0.717, 1.165) is 17.6 Å². The third kappa shape index (κ3) is 5.94. The van der Waals surface area contributed by atoms with Gasteiger partial charge in [0.1, 0.15) is 5.75 Å². The molecule has 0 aromatic heterocycles. The molecular weight excluding hydrogens is 517 g/mol. The molecule has 2 aromatic rings. The highest BCUT2D eigenvalue weighted by Crippen LogP contribution is 2.66.